The first-order valence-electron chi connectivity index (χ1n) is 5.35. The molecular weight excluding hydrogens is 212 g/mol. The van der Waals surface area contributed by atoms with E-state index in [-0.39, 0.29) is 31.2 Å². The Morgan fingerprint density at radius 2 is 2.38 bits per heavy atom. The molecule has 0 spiro atoms. The van der Waals surface area contributed by atoms with Gasteiger partial charge < -0.3 is 25.6 Å². The molecular formula is C10H20N2O4. The van der Waals surface area contributed by atoms with E-state index in [2.05, 4.69) is 10.6 Å². The van der Waals surface area contributed by atoms with Gasteiger partial charge in [-0.25, -0.2) is 0 Å². The molecule has 1 aliphatic heterocycles. The molecule has 0 aliphatic carbocycles. The van der Waals surface area contributed by atoms with Crippen LogP contribution < -0.4 is 10.6 Å². The lowest BCUT2D eigenvalue weighted by Gasteiger charge is -2.21. The molecule has 3 unspecified atom stereocenters. The van der Waals surface area contributed by atoms with Crippen LogP contribution in [-0.4, -0.2) is 60.7 Å². The molecule has 0 bridgehead atoms. The summed E-state index contributed by atoms with van der Waals surface area (Å²) in [5.74, 6) is -0.173. The van der Waals surface area contributed by atoms with Crippen LogP contribution in [-0.2, 0) is 9.53 Å². The van der Waals surface area contributed by atoms with E-state index < -0.39 is 5.60 Å². The summed E-state index contributed by atoms with van der Waals surface area (Å²) in [4.78, 5) is 11.6. The average Bonchev–Trinajstić information content (AvgIpc) is 2.74. The van der Waals surface area contributed by atoms with Gasteiger partial charge in [0.1, 0.15) is 5.60 Å². The van der Waals surface area contributed by atoms with Gasteiger partial charge in [0.05, 0.1) is 18.8 Å². The number of hydrogen-bond acceptors (Lipinski definition) is 5. The highest BCUT2D eigenvalue weighted by Gasteiger charge is 2.30. The monoisotopic (exact) mass is 232 g/mol. The molecule has 94 valence electrons. The zero-order chi connectivity index (χ0) is 12.2. The van der Waals surface area contributed by atoms with Crippen molar-refractivity contribution < 1.29 is 19.7 Å². The maximum absolute atomic E-state index is 11.6. The molecule has 4 N–H and O–H groups in total. The molecule has 1 aliphatic rings. The number of hydrogen-bond donors (Lipinski definition) is 4. The smallest absolute Gasteiger partial charge is 0.237 e. The minimum absolute atomic E-state index is 0.0398. The molecule has 1 fully saturated rings. The number of amides is 1. The van der Waals surface area contributed by atoms with Crippen LogP contribution >= 0.6 is 0 Å². The van der Waals surface area contributed by atoms with Gasteiger partial charge >= 0.3 is 0 Å². The maximum Gasteiger partial charge on any atom is 0.237 e. The van der Waals surface area contributed by atoms with Crippen LogP contribution in [0.2, 0.25) is 0 Å². The highest BCUT2D eigenvalue weighted by molar-refractivity contribution is 5.82. The van der Waals surface area contributed by atoms with E-state index in [0.29, 0.717) is 13.0 Å². The van der Waals surface area contributed by atoms with Gasteiger partial charge in [0, 0.05) is 20.2 Å². The number of carbonyl (C=O) groups is 1. The Bertz CT molecular complexity index is 245. The van der Waals surface area contributed by atoms with Crippen LogP contribution in [0.5, 0.6) is 0 Å². The first kappa shape index (κ1) is 13.4. The zero-order valence-electron chi connectivity index (χ0n) is 9.69. The summed E-state index contributed by atoms with van der Waals surface area (Å²) in [5.41, 5.74) is -1.27. The van der Waals surface area contributed by atoms with Gasteiger partial charge in [-0.1, -0.05) is 0 Å². The van der Waals surface area contributed by atoms with Crippen molar-refractivity contribution in [1.82, 2.24) is 10.6 Å². The quantitative estimate of drug-likeness (QED) is 0.450. The molecule has 0 aromatic heterocycles. The Labute approximate surface area is 95.0 Å². The summed E-state index contributed by atoms with van der Waals surface area (Å²) in [6, 6.07) is -0.278. The van der Waals surface area contributed by atoms with Crippen molar-refractivity contribution in [3.05, 3.63) is 0 Å². The van der Waals surface area contributed by atoms with Crippen molar-refractivity contribution in [3.63, 3.8) is 0 Å². The summed E-state index contributed by atoms with van der Waals surface area (Å²) in [6.45, 7) is 1.78. The fraction of sp³-hybridized carbons (Fsp3) is 0.900. The number of nitrogens with one attached hydrogen (secondary N) is 2. The molecule has 0 aromatic carbocycles. The van der Waals surface area contributed by atoms with Crippen LogP contribution in [0.25, 0.3) is 0 Å². The molecule has 1 amide bonds. The second kappa shape index (κ2) is 5.58. The molecule has 3 atom stereocenters. The van der Waals surface area contributed by atoms with Crippen LogP contribution in [0, 0.1) is 0 Å². The highest BCUT2D eigenvalue weighted by Crippen LogP contribution is 2.09. The molecule has 16 heavy (non-hydrogen) atoms. The Kier molecular flexibility index (Phi) is 4.67. The molecule has 1 heterocycles. The van der Waals surface area contributed by atoms with E-state index in [9.17, 15) is 9.90 Å². The van der Waals surface area contributed by atoms with Crippen LogP contribution in [0.1, 0.15) is 13.3 Å². The summed E-state index contributed by atoms with van der Waals surface area (Å²) >= 11 is 0. The summed E-state index contributed by atoms with van der Waals surface area (Å²) in [5, 5.41) is 23.9. The second-order valence-electron chi connectivity index (χ2n) is 4.43. The van der Waals surface area contributed by atoms with E-state index >= 15 is 0 Å². The molecule has 6 heteroatoms. The number of ether oxygens (including phenoxy) is 1. The van der Waals surface area contributed by atoms with E-state index in [4.69, 9.17) is 9.84 Å². The van der Waals surface area contributed by atoms with Gasteiger partial charge in [0.2, 0.25) is 5.91 Å². The lowest BCUT2D eigenvalue weighted by molar-refractivity contribution is -0.124. The van der Waals surface area contributed by atoms with E-state index in [0.717, 1.165) is 0 Å². The molecule has 0 aromatic rings. The number of carbonyl (C=O) groups excluding carboxylic acids is 1. The van der Waals surface area contributed by atoms with Crippen molar-refractivity contribution >= 4 is 5.91 Å². The lowest BCUT2D eigenvalue weighted by Crippen LogP contribution is -2.48. The van der Waals surface area contributed by atoms with Crippen molar-refractivity contribution in [2.24, 2.45) is 0 Å². The van der Waals surface area contributed by atoms with E-state index in [1.165, 1.54) is 6.92 Å². The third-order valence-electron chi connectivity index (χ3n) is 2.72. The Balaban J connectivity index is 2.31. The number of aliphatic hydroxyl groups excluding tert-OH is 1. The van der Waals surface area contributed by atoms with Crippen molar-refractivity contribution in [2.75, 3.05) is 26.8 Å². The molecule has 0 saturated carbocycles. The van der Waals surface area contributed by atoms with Gasteiger partial charge in [-0.15, -0.1) is 0 Å². The third kappa shape index (κ3) is 3.71. The average molecular weight is 232 g/mol. The fourth-order valence-electron chi connectivity index (χ4n) is 1.54. The van der Waals surface area contributed by atoms with Gasteiger partial charge in [0.25, 0.3) is 0 Å². The molecule has 0 radical (unpaired) electrons. The summed E-state index contributed by atoms with van der Waals surface area (Å²) < 4.78 is 5.13. The maximum atomic E-state index is 11.6. The van der Waals surface area contributed by atoms with Gasteiger partial charge in [-0.2, -0.15) is 0 Å². The van der Waals surface area contributed by atoms with Crippen molar-refractivity contribution in [2.45, 2.75) is 31.1 Å². The Hall–Kier alpha value is -0.690. The second-order valence-corrected chi connectivity index (χ2v) is 4.43. The lowest BCUT2D eigenvalue weighted by atomic mass is 10.1. The Morgan fingerprint density at radius 1 is 1.69 bits per heavy atom. The Morgan fingerprint density at radius 3 is 2.88 bits per heavy atom. The van der Waals surface area contributed by atoms with Crippen LogP contribution in [0.4, 0.5) is 0 Å². The minimum Gasteiger partial charge on any atom is -0.393 e. The SMILES string of the molecule is COC1CNC(C(=O)NCC(C)(O)CO)C1. The van der Waals surface area contributed by atoms with E-state index in [1.807, 2.05) is 0 Å². The van der Waals surface area contributed by atoms with Gasteiger partial charge in [-0.05, 0) is 13.3 Å². The number of aliphatic hydroxyl groups is 2. The van der Waals surface area contributed by atoms with Crippen LogP contribution in [0.15, 0.2) is 0 Å². The number of methoxy groups -OCH3 is 1. The van der Waals surface area contributed by atoms with Crippen molar-refractivity contribution in [1.29, 1.82) is 0 Å². The predicted octanol–water partition coefficient (Wildman–Crippen LogP) is -1.78. The topological polar surface area (TPSA) is 90.8 Å². The van der Waals surface area contributed by atoms with Gasteiger partial charge in [0.15, 0.2) is 0 Å². The van der Waals surface area contributed by atoms with E-state index in [1.54, 1.807) is 7.11 Å². The number of rotatable bonds is 5. The normalized spacial score (nSPS) is 28.8. The summed E-state index contributed by atoms with van der Waals surface area (Å²) in [6.07, 6.45) is 0.693. The summed E-state index contributed by atoms with van der Waals surface area (Å²) in [7, 11) is 1.61. The van der Waals surface area contributed by atoms with Crippen LogP contribution in [0.3, 0.4) is 0 Å². The highest BCUT2D eigenvalue weighted by atomic mass is 16.5. The molecule has 1 rings (SSSR count). The standard InChI is InChI=1S/C10H20N2O4/c1-10(15,6-13)5-12-9(14)8-3-7(16-2)4-11-8/h7-8,11,13,15H,3-6H2,1-2H3,(H,12,14). The van der Waals surface area contributed by atoms with Crippen molar-refractivity contribution in [3.8, 4) is 0 Å². The largest absolute Gasteiger partial charge is 0.393 e. The minimum atomic E-state index is -1.27. The first-order chi connectivity index (χ1) is 7.48. The first-order valence-corrected chi connectivity index (χ1v) is 5.35. The van der Waals surface area contributed by atoms with Gasteiger partial charge in [-0.3, -0.25) is 4.79 Å². The predicted molar refractivity (Wildman–Crippen MR) is 57.9 cm³/mol. The fourth-order valence-corrected chi connectivity index (χ4v) is 1.54. The molecule has 6 nitrogen and oxygen atoms in total. The zero-order valence-corrected chi connectivity index (χ0v) is 9.69. The third-order valence-corrected chi connectivity index (χ3v) is 2.72. The molecule has 1 saturated heterocycles.